The molecule has 0 aromatic rings. The van der Waals surface area contributed by atoms with Gasteiger partial charge in [0, 0.05) is 6.42 Å². The molecule has 0 aromatic carbocycles. The van der Waals surface area contributed by atoms with Crippen molar-refractivity contribution in [1.29, 1.82) is 5.26 Å². The molecule has 0 heterocycles. The fourth-order valence-electron chi connectivity index (χ4n) is 1.04. The molecular weight excluding hydrogens is 169 g/mol. The van der Waals surface area contributed by atoms with Gasteiger partial charge in [-0.15, -0.1) is 3.89 Å². The van der Waals surface area contributed by atoms with Crippen molar-refractivity contribution in [3.8, 4) is 6.07 Å². The Bertz CT molecular complexity index is 286. The smallest absolute Gasteiger partial charge is 0.198 e. The topological polar surface area (TPSA) is 57.9 Å². The lowest BCUT2D eigenvalue weighted by Gasteiger charge is -2.05. The summed E-state index contributed by atoms with van der Waals surface area (Å²) in [6.45, 7) is 0. The molecule has 0 aliphatic heterocycles. The predicted octanol–water partition coefficient (Wildman–Crippen LogP) is 1.12. The zero-order valence-electron chi connectivity index (χ0n) is 5.88. The van der Waals surface area contributed by atoms with Gasteiger partial charge in [0.1, 0.15) is 4.75 Å². The van der Waals surface area contributed by atoms with Crippen molar-refractivity contribution in [2.45, 2.75) is 30.4 Å². The van der Waals surface area contributed by atoms with Crippen molar-refractivity contribution >= 4 is 10.2 Å². The molecule has 1 aliphatic carbocycles. The second kappa shape index (κ2) is 2.45. The van der Waals surface area contributed by atoms with Gasteiger partial charge >= 0.3 is 10.2 Å². The number of rotatable bonds is 3. The third-order valence-electron chi connectivity index (χ3n) is 2.02. The fourth-order valence-corrected chi connectivity index (χ4v) is 1.97. The van der Waals surface area contributed by atoms with E-state index in [2.05, 4.69) is 0 Å². The van der Waals surface area contributed by atoms with Crippen LogP contribution < -0.4 is 0 Å². The molecule has 0 bridgehead atoms. The zero-order chi connectivity index (χ0) is 8.54. The van der Waals surface area contributed by atoms with Crippen molar-refractivity contribution < 1.29 is 12.3 Å². The van der Waals surface area contributed by atoms with Crippen LogP contribution in [0.1, 0.15) is 25.7 Å². The normalized spacial score (nSPS) is 20.7. The highest BCUT2D eigenvalue weighted by molar-refractivity contribution is 7.88. The molecule has 0 amide bonds. The highest BCUT2D eigenvalue weighted by atomic mass is 32.3. The van der Waals surface area contributed by atoms with Crippen molar-refractivity contribution in [2.24, 2.45) is 0 Å². The van der Waals surface area contributed by atoms with Gasteiger partial charge in [-0.3, -0.25) is 0 Å². The Hall–Kier alpha value is -0.630. The van der Waals surface area contributed by atoms with Gasteiger partial charge in [0.25, 0.3) is 0 Å². The van der Waals surface area contributed by atoms with Crippen LogP contribution in [0.5, 0.6) is 0 Å². The standard InChI is InChI=1S/C6H8FNO2S/c7-11(9,10)6(3-4-6)2-1-5-8/h1-4H2. The van der Waals surface area contributed by atoms with Crippen LogP contribution in [-0.2, 0) is 10.2 Å². The molecule has 3 nitrogen and oxygen atoms in total. The van der Waals surface area contributed by atoms with Crippen LogP contribution in [0, 0.1) is 11.3 Å². The Labute approximate surface area is 65.0 Å². The molecule has 1 fully saturated rings. The minimum Gasteiger partial charge on any atom is -0.198 e. The quantitative estimate of drug-likeness (QED) is 0.607. The summed E-state index contributed by atoms with van der Waals surface area (Å²) in [5.41, 5.74) is 0. The average molecular weight is 177 g/mol. The van der Waals surface area contributed by atoms with Gasteiger partial charge in [0.2, 0.25) is 0 Å². The summed E-state index contributed by atoms with van der Waals surface area (Å²) < 4.78 is 32.1. The maximum absolute atomic E-state index is 12.4. The Kier molecular flexibility index (Phi) is 1.89. The summed E-state index contributed by atoms with van der Waals surface area (Å²) in [6.07, 6.45) is 0.993. The monoisotopic (exact) mass is 177 g/mol. The van der Waals surface area contributed by atoms with E-state index >= 15 is 0 Å². The summed E-state index contributed by atoms with van der Waals surface area (Å²) in [6, 6.07) is 1.80. The van der Waals surface area contributed by atoms with Gasteiger partial charge in [-0.05, 0) is 19.3 Å². The van der Waals surface area contributed by atoms with E-state index in [-0.39, 0.29) is 12.8 Å². The summed E-state index contributed by atoms with van der Waals surface area (Å²) >= 11 is 0. The minimum absolute atomic E-state index is 0.114. The number of halogens is 1. The molecule has 0 aromatic heterocycles. The number of hydrogen-bond acceptors (Lipinski definition) is 3. The third-order valence-corrected chi connectivity index (χ3v) is 3.66. The van der Waals surface area contributed by atoms with Crippen LogP contribution in [-0.4, -0.2) is 13.2 Å². The van der Waals surface area contributed by atoms with Crippen LogP contribution in [0.3, 0.4) is 0 Å². The molecule has 62 valence electrons. The Morgan fingerprint density at radius 3 is 2.36 bits per heavy atom. The van der Waals surface area contributed by atoms with Gasteiger partial charge in [0.15, 0.2) is 0 Å². The second-order valence-electron chi connectivity index (χ2n) is 2.78. The van der Waals surface area contributed by atoms with Crippen molar-refractivity contribution in [1.82, 2.24) is 0 Å². The maximum atomic E-state index is 12.4. The Balaban J connectivity index is 2.64. The molecule has 1 saturated carbocycles. The number of nitrogens with zero attached hydrogens (tertiary/aromatic N) is 1. The van der Waals surface area contributed by atoms with Crippen molar-refractivity contribution in [3.05, 3.63) is 0 Å². The lowest BCUT2D eigenvalue weighted by molar-refractivity contribution is 0.523. The minimum atomic E-state index is -4.41. The van der Waals surface area contributed by atoms with E-state index < -0.39 is 15.0 Å². The third kappa shape index (κ3) is 1.51. The van der Waals surface area contributed by atoms with E-state index in [1.54, 1.807) is 6.07 Å². The van der Waals surface area contributed by atoms with Crippen LogP contribution >= 0.6 is 0 Å². The zero-order valence-corrected chi connectivity index (χ0v) is 6.69. The van der Waals surface area contributed by atoms with E-state index in [0.717, 1.165) is 0 Å². The van der Waals surface area contributed by atoms with Crippen LogP contribution in [0.15, 0.2) is 0 Å². The molecule has 0 radical (unpaired) electrons. The summed E-state index contributed by atoms with van der Waals surface area (Å²) in [7, 11) is -4.41. The lowest BCUT2D eigenvalue weighted by Crippen LogP contribution is -2.17. The van der Waals surface area contributed by atoms with Crippen molar-refractivity contribution in [2.75, 3.05) is 0 Å². The summed E-state index contributed by atoms with van der Waals surface area (Å²) in [4.78, 5) is 0. The summed E-state index contributed by atoms with van der Waals surface area (Å²) in [5, 5.41) is 8.16. The highest BCUT2D eigenvalue weighted by Gasteiger charge is 2.54. The molecule has 11 heavy (non-hydrogen) atoms. The first-order chi connectivity index (χ1) is 5.02. The van der Waals surface area contributed by atoms with Crippen molar-refractivity contribution in [3.63, 3.8) is 0 Å². The van der Waals surface area contributed by atoms with Crippen LogP contribution in [0.4, 0.5) is 3.89 Å². The number of hydrogen-bond donors (Lipinski definition) is 0. The van der Waals surface area contributed by atoms with Gasteiger partial charge in [-0.25, -0.2) is 0 Å². The lowest BCUT2D eigenvalue weighted by atomic mass is 10.2. The molecule has 1 aliphatic rings. The summed E-state index contributed by atoms with van der Waals surface area (Å²) in [5.74, 6) is 0. The molecule has 0 unspecified atom stereocenters. The highest BCUT2D eigenvalue weighted by Crippen LogP contribution is 2.47. The molecule has 0 spiro atoms. The van der Waals surface area contributed by atoms with Gasteiger partial charge < -0.3 is 0 Å². The average Bonchev–Trinajstić information content (AvgIpc) is 2.61. The number of nitriles is 1. The van der Waals surface area contributed by atoms with Gasteiger partial charge in [-0.2, -0.15) is 13.7 Å². The largest absolute Gasteiger partial charge is 0.308 e. The van der Waals surface area contributed by atoms with E-state index in [1.807, 2.05) is 0 Å². The molecule has 1 rings (SSSR count). The Morgan fingerprint density at radius 1 is 1.55 bits per heavy atom. The van der Waals surface area contributed by atoms with E-state index in [0.29, 0.717) is 12.8 Å². The second-order valence-corrected chi connectivity index (χ2v) is 4.52. The first-order valence-corrected chi connectivity index (χ1v) is 4.71. The molecule has 0 saturated heterocycles. The van der Waals surface area contributed by atoms with Gasteiger partial charge in [0.05, 0.1) is 6.07 Å². The van der Waals surface area contributed by atoms with E-state index in [4.69, 9.17) is 5.26 Å². The molecular formula is C6H8FNO2S. The van der Waals surface area contributed by atoms with E-state index in [1.165, 1.54) is 0 Å². The fraction of sp³-hybridized carbons (Fsp3) is 0.833. The maximum Gasteiger partial charge on any atom is 0.308 e. The first kappa shape index (κ1) is 8.47. The van der Waals surface area contributed by atoms with E-state index in [9.17, 15) is 12.3 Å². The SMILES string of the molecule is N#CCCC1(S(=O)(=O)F)CC1. The van der Waals surface area contributed by atoms with Gasteiger partial charge in [-0.1, -0.05) is 0 Å². The Morgan fingerprint density at radius 2 is 2.09 bits per heavy atom. The molecule has 0 N–H and O–H groups in total. The van der Waals surface area contributed by atoms with Crippen LogP contribution in [0.25, 0.3) is 0 Å². The molecule has 5 heteroatoms. The predicted molar refractivity (Wildman–Crippen MR) is 36.8 cm³/mol. The molecule has 0 atom stereocenters. The van der Waals surface area contributed by atoms with Crippen LogP contribution in [0.2, 0.25) is 0 Å². The first-order valence-electron chi connectivity index (χ1n) is 3.33.